The summed E-state index contributed by atoms with van der Waals surface area (Å²) in [5, 5.41) is 2.96. The SMILES string of the molecule is COc1ccc(OC)c(NC(N)=NCc2ccc(COCC(F)(F)F)cc2)c1. The predicted molar refractivity (Wildman–Crippen MR) is 101 cm³/mol. The van der Waals surface area contributed by atoms with Crippen LogP contribution in [0.1, 0.15) is 11.1 Å². The lowest BCUT2D eigenvalue weighted by molar-refractivity contribution is -0.176. The van der Waals surface area contributed by atoms with Crippen LogP contribution in [0.5, 0.6) is 11.5 Å². The summed E-state index contributed by atoms with van der Waals surface area (Å²) in [6, 6.07) is 12.1. The van der Waals surface area contributed by atoms with Crippen LogP contribution < -0.4 is 20.5 Å². The number of hydrogen-bond acceptors (Lipinski definition) is 4. The number of nitrogens with zero attached hydrogens (tertiary/aromatic N) is 1. The zero-order valence-corrected chi connectivity index (χ0v) is 15.5. The van der Waals surface area contributed by atoms with Gasteiger partial charge in [0.15, 0.2) is 5.96 Å². The molecular weight excluding hydrogens is 375 g/mol. The van der Waals surface area contributed by atoms with Crippen LogP contribution in [0.15, 0.2) is 47.5 Å². The van der Waals surface area contributed by atoms with Crippen molar-refractivity contribution in [3.63, 3.8) is 0 Å². The van der Waals surface area contributed by atoms with E-state index in [-0.39, 0.29) is 12.6 Å². The lowest BCUT2D eigenvalue weighted by Crippen LogP contribution is -2.23. The zero-order chi connectivity index (χ0) is 20.6. The third-order valence-corrected chi connectivity index (χ3v) is 3.66. The van der Waals surface area contributed by atoms with Crippen LogP contribution in [0.4, 0.5) is 18.9 Å². The molecule has 0 unspecified atom stereocenters. The number of guanidine groups is 1. The van der Waals surface area contributed by atoms with E-state index in [1.54, 1.807) is 56.7 Å². The van der Waals surface area contributed by atoms with Crippen molar-refractivity contribution in [3.05, 3.63) is 53.6 Å². The van der Waals surface area contributed by atoms with Gasteiger partial charge in [0.1, 0.15) is 18.1 Å². The molecule has 0 bridgehead atoms. The number of nitrogens with two attached hydrogens (primary N) is 1. The smallest absolute Gasteiger partial charge is 0.411 e. The van der Waals surface area contributed by atoms with Crippen molar-refractivity contribution in [2.75, 3.05) is 26.1 Å². The standard InChI is InChI=1S/C19H22F3N3O3/c1-26-15-7-8-17(27-2)16(9-15)25-18(23)24-10-13-3-5-14(6-4-13)11-28-12-19(20,21)22/h3-9H,10-12H2,1-2H3,(H3,23,24,25). The van der Waals surface area contributed by atoms with Gasteiger partial charge in [0, 0.05) is 6.07 Å². The monoisotopic (exact) mass is 397 g/mol. The normalized spacial score (nSPS) is 12.0. The Balaban J connectivity index is 1.92. The summed E-state index contributed by atoms with van der Waals surface area (Å²) in [5.74, 6) is 1.41. The average Bonchev–Trinajstić information content (AvgIpc) is 2.66. The van der Waals surface area contributed by atoms with Gasteiger partial charge in [0.2, 0.25) is 0 Å². The highest BCUT2D eigenvalue weighted by atomic mass is 19.4. The quantitative estimate of drug-likeness (QED) is 0.525. The van der Waals surface area contributed by atoms with Crippen molar-refractivity contribution in [2.45, 2.75) is 19.3 Å². The van der Waals surface area contributed by atoms with E-state index in [0.29, 0.717) is 29.3 Å². The minimum Gasteiger partial charge on any atom is -0.497 e. The molecule has 0 heterocycles. The number of halogens is 3. The summed E-state index contributed by atoms with van der Waals surface area (Å²) in [6.45, 7) is -1.08. The number of rotatable bonds is 8. The number of alkyl halides is 3. The Morgan fingerprint density at radius 2 is 1.71 bits per heavy atom. The maximum Gasteiger partial charge on any atom is 0.411 e. The molecule has 0 radical (unpaired) electrons. The minimum atomic E-state index is -4.33. The van der Waals surface area contributed by atoms with E-state index in [9.17, 15) is 13.2 Å². The molecule has 0 atom stereocenters. The summed E-state index contributed by atoms with van der Waals surface area (Å²) in [7, 11) is 3.10. The van der Waals surface area contributed by atoms with Gasteiger partial charge >= 0.3 is 6.18 Å². The van der Waals surface area contributed by atoms with E-state index in [1.807, 2.05) is 0 Å². The molecule has 152 valence electrons. The van der Waals surface area contributed by atoms with E-state index in [2.05, 4.69) is 15.0 Å². The van der Waals surface area contributed by atoms with Gasteiger partial charge in [-0.25, -0.2) is 4.99 Å². The molecule has 3 N–H and O–H groups in total. The highest BCUT2D eigenvalue weighted by molar-refractivity contribution is 5.94. The first kappa shape index (κ1) is 21.4. The number of ether oxygens (including phenoxy) is 3. The number of aliphatic imine (C=N–C) groups is 1. The molecule has 2 aromatic rings. The Bertz CT molecular complexity index is 793. The molecule has 6 nitrogen and oxygen atoms in total. The third kappa shape index (κ3) is 6.99. The third-order valence-electron chi connectivity index (χ3n) is 3.66. The summed E-state index contributed by atoms with van der Waals surface area (Å²) < 4.78 is 51.3. The first-order chi connectivity index (χ1) is 13.3. The molecule has 0 saturated heterocycles. The average molecular weight is 397 g/mol. The van der Waals surface area contributed by atoms with Crippen LogP contribution >= 0.6 is 0 Å². The summed E-state index contributed by atoms with van der Waals surface area (Å²) in [4.78, 5) is 4.25. The first-order valence-corrected chi connectivity index (χ1v) is 8.32. The number of nitrogens with one attached hydrogen (secondary N) is 1. The summed E-state index contributed by atoms with van der Waals surface area (Å²) in [6.07, 6.45) is -4.33. The van der Waals surface area contributed by atoms with Crippen molar-refractivity contribution in [1.29, 1.82) is 0 Å². The van der Waals surface area contributed by atoms with Crippen LogP contribution in [0.2, 0.25) is 0 Å². The van der Waals surface area contributed by atoms with E-state index >= 15 is 0 Å². The van der Waals surface area contributed by atoms with Gasteiger partial charge in [-0.15, -0.1) is 0 Å². The topological polar surface area (TPSA) is 78.1 Å². The molecule has 0 saturated carbocycles. The lowest BCUT2D eigenvalue weighted by Gasteiger charge is -2.12. The van der Waals surface area contributed by atoms with Gasteiger partial charge in [0.25, 0.3) is 0 Å². The Labute approximate surface area is 161 Å². The number of anilines is 1. The second-order valence-corrected chi connectivity index (χ2v) is 5.82. The Morgan fingerprint density at radius 1 is 1.04 bits per heavy atom. The van der Waals surface area contributed by atoms with Gasteiger partial charge in [-0.05, 0) is 23.3 Å². The molecule has 2 aromatic carbocycles. The second-order valence-electron chi connectivity index (χ2n) is 5.82. The predicted octanol–water partition coefficient (Wildman–Crippen LogP) is 3.71. The number of benzene rings is 2. The van der Waals surface area contributed by atoms with Crippen LogP contribution in [-0.2, 0) is 17.9 Å². The molecule has 0 amide bonds. The molecule has 28 heavy (non-hydrogen) atoms. The van der Waals surface area contributed by atoms with Gasteiger partial charge in [-0.1, -0.05) is 24.3 Å². The fourth-order valence-electron chi connectivity index (χ4n) is 2.29. The van der Waals surface area contributed by atoms with Crippen molar-refractivity contribution >= 4 is 11.6 Å². The number of methoxy groups -OCH3 is 2. The van der Waals surface area contributed by atoms with E-state index in [0.717, 1.165) is 5.56 Å². The Morgan fingerprint density at radius 3 is 2.32 bits per heavy atom. The molecular formula is C19H22F3N3O3. The van der Waals surface area contributed by atoms with Gasteiger partial charge in [-0.3, -0.25) is 0 Å². The molecule has 9 heteroatoms. The van der Waals surface area contributed by atoms with E-state index in [1.165, 1.54) is 0 Å². The van der Waals surface area contributed by atoms with Crippen molar-refractivity contribution < 1.29 is 27.4 Å². The second kappa shape index (κ2) is 9.84. The van der Waals surface area contributed by atoms with Crippen LogP contribution in [0, 0.1) is 0 Å². The molecule has 0 aromatic heterocycles. The molecule has 0 aliphatic heterocycles. The van der Waals surface area contributed by atoms with Gasteiger partial charge in [-0.2, -0.15) is 13.2 Å². The summed E-state index contributed by atoms with van der Waals surface area (Å²) in [5.41, 5.74) is 8.02. The molecule has 2 rings (SSSR count). The van der Waals surface area contributed by atoms with Crippen LogP contribution in [0.3, 0.4) is 0 Å². The minimum absolute atomic E-state index is 0.109. The highest BCUT2D eigenvalue weighted by Crippen LogP contribution is 2.28. The fraction of sp³-hybridized carbons (Fsp3) is 0.316. The largest absolute Gasteiger partial charge is 0.497 e. The lowest BCUT2D eigenvalue weighted by atomic mass is 10.1. The molecule has 0 aliphatic carbocycles. The number of hydrogen-bond donors (Lipinski definition) is 2. The van der Waals surface area contributed by atoms with Crippen molar-refractivity contribution in [3.8, 4) is 11.5 Å². The van der Waals surface area contributed by atoms with Crippen molar-refractivity contribution in [1.82, 2.24) is 0 Å². The maximum atomic E-state index is 12.1. The maximum absolute atomic E-state index is 12.1. The Kier molecular flexibility index (Phi) is 7.51. The molecule has 0 fully saturated rings. The van der Waals surface area contributed by atoms with Gasteiger partial charge < -0.3 is 25.3 Å². The highest BCUT2D eigenvalue weighted by Gasteiger charge is 2.27. The van der Waals surface area contributed by atoms with Crippen LogP contribution in [0.25, 0.3) is 0 Å². The first-order valence-electron chi connectivity index (χ1n) is 8.32. The van der Waals surface area contributed by atoms with Crippen LogP contribution in [-0.4, -0.2) is 33.0 Å². The van der Waals surface area contributed by atoms with Crippen molar-refractivity contribution in [2.24, 2.45) is 10.7 Å². The fourth-order valence-corrected chi connectivity index (χ4v) is 2.29. The Hall–Kier alpha value is -2.94. The van der Waals surface area contributed by atoms with E-state index < -0.39 is 12.8 Å². The molecule has 0 spiro atoms. The molecule has 0 aliphatic rings. The summed E-state index contributed by atoms with van der Waals surface area (Å²) >= 11 is 0. The zero-order valence-electron chi connectivity index (χ0n) is 15.5. The van der Waals surface area contributed by atoms with Gasteiger partial charge in [0.05, 0.1) is 33.1 Å². The van der Waals surface area contributed by atoms with E-state index in [4.69, 9.17) is 15.2 Å².